The second-order valence-corrected chi connectivity index (χ2v) is 21.9. The van der Waals surface area contributed by atoms with E-state index in [1.807, 2.05) is 37.1 Å². The largest absolute Gasteiger partial charge is 0.496 e. The number of ether oxygens (including phenoxy) is 5. The molecule has 3 aromatic carbocycles. The standard InChI is InChI=1S/C56H70N6O9/c1-10-53(58-51(65)62-30-35-23-44(68-7)45(69-8)24-36(35)31-62)27-34-28-56(50(64)70-9,46-38(17-21-60(29-34)32-53)37-15-12-13-16-41(37)57-46)40-25-39-42(26-43(40)67-6)59(5)47-52(4,66)49(71-33(3)63)54(11-2)18-14-20-61-22-19-55(39,47)48(54)61/h12-16,18,23-26,34,47-49,57,66H,10-11,17,19-22,27-32H2,1-9H3,(H,58,65)/t34-,47?,48+,49+,52+,53?,54-,55+,56?/m1/s1. The lowest BCUT2D eigenvalue weighted by Crippen LogP contribution is -2.78. The molecular formula is C56H70N6O9. The molecule has 0 radical (unpaired) electrons. The summed E-state index contributed by atoms with van der Waals surface area (Å²) >= 11 is 0. The Morgan fingerprint density at radius 2 is 1.61 bits per heavy atom. The highest BCUT2D eigenvalue weighted by molar-refractivity contribution is 5.94. The zero-order valence-corrected chi connectivity index (χ0v) is 42.8. The number of anilines is 1. The van der Waals surface area contributed by atoms with Gasteiger partial charge in [-0.05, 0) is 104 Å². The third-order valence-corrected chi connectivity index (χ3v) is 18.5. The Hall–Kier alpha value is -5.77. The van der Waals surface area contributed by atoms with Gasteiger partial charge in [-0.15, -0.1) is 0 Å². The summed E-state index contributed by atoms with van der Waals surface area (Å²) in [7, 11) is 8.43. The first-order valence-corrected chi connectivity index (χ1v) is 25.6. The van der Waals surface area contributed by atoms with Crippen LogP contribution >= 0.6 is 0 Å². The number of fused-ring (bicyclic) bond motifs is 7. The molecule has 3 fully saturated rings. The topological polar surface area (TPSA) is 158 Å². The quantitative estimate of drug-likeness (QED) is 0.122. The number of nitrogens with zero attached hydrogens (tertiary/aromatic N) is 4. The number of rotatable bonds is 9. The van der Waals surface area contributed by atoms with Gasteiger partial charge in [0, 0.05) is 104 Å². The van der Waals surface area contributed by atoms with Crippen molar-refractivity contribution in [2.45, 2.75) is 119 Å². The molecule has 2 saturated heterocycles. The molecule has 378 valence electrons. The molecule has 7 aliphatic rings. The van der Waals surface area contributed by atoms with Crippen LogP contribution in [0, 0.1) is 11.3 Å². The molecule has 1 spiro atoms. The van der Waals surface area contributed by atoms with Crippen molar-refractivity contribution in [2.24, 2.45) is 11.3 Å². The average Bonchev–Trinajstić information content (AvgIpc) is 4.14. The number of hydrogen-bond donors (Lipinski definition) is 3. The number of hydrogen-bond acceptors (Lipinski definition) is 12. The number of para-hydroxylation sites is 1. The zero-order chi connectivity index (χ0) is 50.0. The van der Waals surface area contributed by atoms with Crippen LogP contribution in [0.2, 0.25) is 0 Å². The zero-order valence-electron chi connectivity index (χ0n) is 42.8. The number of carbonyl (C=O) groups is 3. The number of H-pyrrole nitrogens is 1. The second kappa shape index (κ2) is 16.9. The summed E-state index contributed by atoms with van der Waals surface area (Å²) < 4.78 is 30.2. The predicted octanol–water partition coefficient (Wildman–Crippen LogP) is 6.59. The summed E-state index contributed by atoms with van der Waals surface area (Å²) in [6, 6.07) is 15.8. The van der Waals surface area contributed by atoms with E-state index in [4.69, 9.17) is 23.7 Å². The lowest BCUT2D eigenvalue weighted by atomic mass is 9.48. The van der Waals surface area contributed by atoms with Crippen LogP contribution in [0.1, 0.15) is 93.3 Å². The molecule has 10 atom stereocenters. The van der Waals surface area contributed by atoms with E-state index < -0.39 is 51.5 Å². The van der Waals surface area contributed by atoms with Gasteiger partial charge in [0.1, 0.15) is 22.9 Å². The predicted molar refractivity (Wildman–Crippen MR) is 269 cm³/mol. The molecule has 1 aliphatic carbocycles. The van der Waals surface area contributed by atoms with Gasteiger partial charge >= 0.3 is 18.0 Å². The Balaban J connectivity index is 1.06. The molecule has 1 saturated carbocycles. The molecule has 11 rings (SSSR count). The number of aliphatic hydroxyl groups is 1. The van der Waals surface area contributed by atoms with Crippen LogP contribution in [-0.2, 0) is 49.4 Å². The Morgan fingerprint density at radius 3 is 2.27 bits per heavy atom. The molecule has 15 nitrogen and oxygen atoms in total. The van der Waals surface area contributed by atoms with Gasteiger partial charge in [0.2, 0.25) is 0 Å². The number of esters is 2. The molecule has 6 aliphatic heterocycles. The Kier molecular flexibility index (Phi) is 11.3. The van der Waals surface area contributed by atoms with E-state index in [1.54, 1.807) is 21.3 Å². The van der Waals surface area contributed by atoms with Crippen molar-refractivity contribution in [1.29, 1.82) is 0 Å². The molecule has 4 aromatic rings. The fourth-order valence-corrected chi connectivity index (χ4v) is 15.9. The SMILES string of the molecule is CCC1(NC(=O)N2Cc3cc(OC)c(OC)cc3C2)C[C@H]2CN(CCc3c([nH]c4ccccc34)C(C(=O)OC)(c3cc4c(cc3OC)N(C)C3[C@](C)(O)[C@H](OC(C)=O)[C@]5(CC)C=CCN6CC[C@]43[C@@H]65)C2)C1. The van der Waals surface area contributed by atoms with Gasteiger partial charge in [0.05, 0.1) is 40.0 Å². The maximum absolute atomic E-state index is 15.8. The van der Waals surface area contributed by atoms with Crippen molar-refractivity contribution >= 4 is 34.6 Å². The Bertz CT molecular complexity index is 2830. The first kappa shape index (κ1) is 47.5. The summed E-state index contributed by atoms with van der Waals surface area (Å²) in [6.45, 7) is 12.1. The molecular weight excluding hydrogens is 901 g/mol. The van der Waals surface area contributed by atoms with Gasteiger partial charge in [0.25, 0.3) is 0 Å². The van der Waals surface area contributed by atoms with E-state index in [-0.39, 0.29) is 18.0 Å². The highest BCUT2D eigenvalue weighted by Gasteiger charge is 2.77. The normalized spacial score (nSPS) is 33.4. The minimum absolute atomic E-state index is 0.0885. The van der Waals surface area contributed by atoms with Crippen LogP contribution in [0.4, 0.5) is 10.5 Å². The van der Waals surface area contributed by atoms with E-state index in [9.17, 15) is 14.7 Å². The Morgan fingerprint density at radius 1 is 0.887 bits per heavy atom. The summed E-state index contributed by atoms with van der Waals surface area (Å²) in [5, 5.41) is 17.9. The summed E-state index contributed by atoms with van der Waals surface area (Å²) in [4.78, 5) is 56.3. The van der Waals surface area contributed by atoms with E-state index in [0.29, 0.717) is 81.1 Å². The smallest absolute Gasteiger partial charge is 0.322 e. The molecule has 2 amide bonds. The first-order chi connectivity index (χ1) is 34.1. The van der Waals surface area contributed by atoms with Crippen LogP contribution in [0.15, 0.2) is 60.7 Å². The third kappa shape index (κ3) is 6.66. The molecule has 4 unspecified atom stereocenters. The number of piperidine rings is 1. The molecule has 3 N–H and O–H groups in total. The van der Waals surface area contributed by atoms with E-state index in [2.05, 4.69) is 81.3 Å². The first-order valence-electron chi connectivity index (χ1n) is 25.6. The number of amides is 2. The monoisotopic (exact) mass is 971 g/mol. The van der Waals surface area contributed by atoms with Crippen molar-refractivity contribution in [3.8, 4) is 17.2 Å². The van der Waals surface area contributed by atoms with E-state index in [0.717, 1.165) is 70.6 Å². The van der Waals surface area contributed by atoms with Crippen molar-refractivity contribution in [3.05, 3.63) is 94.2 Å². The number of aromatic nitrogens is 1. The summed E-state index contributed by atoms with van der Waals surface area (Å²) in [6.07, 6.45) is 7.30. The lowest BCUT2D eigenvalue weighted by Gasteiger charge is -2.64. The van der Waals surface area contributed by atoms with Gasteiger partial charge in [-0.1, -0.05) is 44.2 Å². The van der Waals surface area contributed by atoms with Crippen molar-refractivity contribution in [1.82, 2.24) is 25.0 Å². The fourth-order valence-electron chi connectivity index (χ4n) is 15.9. The van der Waals surface area contributed by atoms with Gasteiger partial charge < -0.3 is 53.8 Å². The highest BCUT2D eigenvalue weighted by Crippen LogP contribution is 2.68. The van der Waals surface area contributed by atoms with Crippen LogP contribution in [0.3, 0.4) is 0 Å². The number of aromatic amines is 1. The average molecular weight is 971 g/mol. The van der Waals surface area contributed by atoms with Crippen LogP contribution in [0.5, 0.6) is 17.2 Å². The molecule has 1 aromatic heterocycles. The number of nitrogens with one attached hydrogen (secondary N) is 2. The van der Waals surface area contributed by atoms with Gasteiger partial charge in [0.15, 0.2) is 11.5 Å². The molecule has 15 heteroatoms. The van der Waals surface area contributed by atoms with E-state index >= 15 is 4.79 Å². The minimum atomic E-state index is -1.49. The maximum atomic E-state index is 15.8. The van der Waals surface area contributed by atoms with Crippen LogP contribution < -0.4 is 24.4 Å². The number of urea groups is 1. The maximum Gasteiger partial charge on any atom is 0.322 e. The van der Waals surface area contributed by atoms with Crippen LogP contribution in [-0.4, -0.2) is 140 Å². The minimum Gasteiger partial charge on any atom is -0.496 e. The summed E-state index contributed by atoms with van der Waals surface area (Å²) in [5.41, 5.74) is 2.67. The second-order valence-electron chi connectivity index (χ2n) is 21.9. The number of carbonyl (C=O) groups excluding carboxylic acids is 3. The lowest BCUT2D eigenvalue weighted by molar-refractivity contribution is -0.213. The molecule has 7 heterocycles. The Labute approximate surface area is 416 Å². The van der Waals surface area contributed by atoms with Gasteiger partial charge in [-0.2, -0.15) is 0 Å². The van der Waals surface area contributed by atoms with Gasteiger partial charge in [-0.25, -0.2) is 4.79 Å². The van der Waals surface area contributed by atoms with E-state index in [1.165, 1.54) is 14.0 Å². The van der Waals surface area contributed by atoms with Crippen molar-refractivity contribution in [2.75, 3.05) is 73.1 Å². The van der Waals surface area contributed by atoms with Crippen LogP contribution in [0.25, 0.3) is 10.9 Å². The summed E-state index contributed by atoms with van der Waals surface area (Å²) in [5.74, 6) is 0.910. The van der Waals surface area contributed by atoms with Crippen molar-refractivity contribution in [3.63, 3.8) is 0 Å². The number of benzene rings is 3. The highest BCUT2D eigenvalue weighted by atomic mass is 16.6. The molecule has 2 bridgehead atoms. The third-order valence-electron chi connectivity index (χ3n) is 18.5. The molecule has 71 heavy (non-hydrogen) atoms. The number of methoxy groups -OCH3 is 4. The van der Waals surface area contributed by atoms with Crippen molar-refractivity contribution < 1.29 is 43.2 Å². The fraction of sp³-hybridized carbons (Fsp3) is 0.554. The van der Waals surface area contributed by atoms with Gasteiger partial charge in [-0.3, -0.25) is 14.5 Å². The number of likely N-dealkylation sites (N-methyl/N-ethyl adjacent to an activating group) is 1.